The Morgan fingerprint density at radius 1 is 1.23 bits per heavy atom. The predicted molar refractivity (Wildman–Crippen MR) is 98.7 cm³/mol. The first-order valence-corrected chi connectivity index (χ1v) is 8.16. The van der Waals surface area contributed by atoms with Crippen molar-refractivity contribution in [3.63, 3.8) is 0 Å². The van der Waals surface area contributed by atoms with Gasteiger partial charge in [0.05, 0.1) is 6.61 Å². The number of hydrogen-bond donors (Lipinski definition) is 3. The van der Waals surface area contributed by atoms with Crippen LogP contribution in [0.3, 0.4) is 0 Å². The second-order valence-corrected chi connectivity index (χ2v) is 6.46. The van der Waals surface area contributed by atoms with Crippen LogP contribution in [0, 0.1) is 0 Å². The van der Waals surface area contributed by atoms with E-state index in [9.17, 15) is 14.4 Å². The minimum atomic E-state index is -0.484. The van der Waals surface area contributed by atoms with Crippen molar-refractivity contribution in [2.75, 3.05) is 0 Å². The molecular formula is C19H28N2O5. The third kappa shape index (κ3) is 12.7. The summed E-state index contributed by atoms with van der Waals surface area (Å²) < 4.78 is 4.83. The fourth-order valence-corrected chi connectivity index (χ4v) is 1.71. The zero-order valence-electron chi connectivity index (χ0n) is 15.6. The number of ether oxygens (including phenoxy) is 1. The molecule has 0 atom stereocenters. The highest BCUT2D eigenvalue weighted by atomic mass is 16.6. The molecule has 1 aromatic carbocycles. The summed E-state index contributed by atoms with van der Waals surface area (Å²) >= 11 is 0. The molecule has 7 nitrogen and oxygen atoms in total. The molecule has 0 aromatic heterocycles. The van der Waals surface area contributed by atoms with Crippen molar-refractivity contribution >= 4 is 17.8 Å². The van der Waals surface area contributed by atoms with Gasteiger partial charge in [-0.3, -0.25) is 9.59 Å². The average Bonchev–Trinajstić information content (AvgIpc) is 2.57. The molecule has 0 aliphatic heterocycles. The minimum Gasteiger partial charge on any atom is -0.457 e. The second kappa shape index (κ2) is 11.8. The van der Waals surface area contributed by atoms with Crippen molar-refractivity contribution in [3.05, 3.63) is 48.0 Å². The molecule has 0 saturated carbocycles. The van der Waals surface area contributed by atoms with Crippen LogP contribution in [0.5, 0.6) is 0 Å². The Bertz CT molecular complexity index is 621. The first-order chi connectivity index (χ1) is 12.1. The Morgan fingerprint density at radius 3 is 2.31 bits per heavy atom. The number of nitrogens with two attached hydrogens (primary N) is 1. The summed E-state index contributed by atoms with van der Waals surface area (Å²) in [5.74, 6) is -1.07. The number of carbonyl (C=O) groups excluding carboxylic acids is 3. The molecule has 0 aliphatic rings. The van der Waals surface area contributed by atoms with E-state index in [1.165, 1.54) is 0 Å². The summed E-state index contributed by atoms with van der Waals surface area (Å²) in [7, 11) is 0. The molecule has 7 heteroatoms. The summed E-state index contributed by atoms with van der Waals surface area (Å²) in [6.45, 7) is 9.07. The van der Waals surface area contributed by atoms with Crippen LogP contribution < -0.4 is 11.1 Å². The molecule has 0 spiro atoms. The van der Waals surface area contributed by atoms with E-state index in [1.54, 1.807) is 6.07 Å². The zero-order chi connectivity index (χ0) is 20.2. The molecule has 0 radical (unpaired) electrons. The molecule has 0 bridgehead atoms. The number of aliphatic hydroxyl groups excluding tert-OH is 1. The highest BCUT2D eigenvalue weighted by molar-refractivity contribution is 5.82. The third-order valence-corrected chi connectivity index (χ3v) is 2.84. The van der Waals surface area contributed by atoms with E-state index in [-0.39, 0.29) is 31.3 Å². The van der Waals surface area contributed by atoms with Gasteiger partial charge in [0.25, 0.3) is 0 Å². The maximum absolute atomic E-state index is 11.3. The first-order valence-electron chi connectivity index (χ1n) is 8.16. The largest absolute Gasteiger partial charge is 0.457 e. The van der Waals surface area contributed by atoms with Gasteiger partial charge < -0.3 is 20.9 Å². The summed E-state index contributed by atoms with van der Waals surface area (Å²) in [5.41, 5.74) is 6.25. The van der Waals surface area contributed by atoms with Gasteiger partial charge in [-0.05, 0) is 31.9 Å². The summed E-state index contributed by atoms with van der Waals surface area (Å²) in [6.07, 6.45) is 1.32. The van der Waals surface area contributed by atoms with Gasteiger partial charge in [0.2, 0.25) is 11.8 Å². The van der Waals surface area contributed by atoms with Gasteiger partial charge in [0.15, 0.2) is 0 Å². The van der Waals surface area contributed by atoms with Gasteiger partial charge in [-0.1, -0.05) is 30.8 Å². The lowest BCUT2D eigenvalue weighted by Crippen LogP contribution is -2.24. The first kappa shape index (κ1) is 23.3. The SMILES string of the molecule is C=CC(=O)OC(C)(C)C.NC(=O)CCC(=O)NCc1cccc(CO)c1. The molecule has 0 saturated heterocycles. The van der Waals surface area contributed by atoms with E-state index in [0.717, 1.165) is 17.2 Å². The van der Waals surface area contributed by atoms with Gasteiger partial charge in [-0.15, -0.1) is 0 Å². The number of amides is 2. The van der Waals surface area contributed by atoms with Crippen molar-refractivity contribution in [1.29, 1.82) is 0 Å². The van der Waals surface area contributed by atoms with E-state index in [1.807, 2.05) is 39.0 Å². The normalized spacial score (nSPS) is 10.2. The molecule has 0 fully saturated rings. The van der Waals surface area contributed by atoms with E-state index in [0.29, 0.717) is 6.54 Å². The summed E-state index contributed by atoms with van der Waals surface area (Å²) in [5, 5.41) is 11.6. The summed E-state index contributed by atoms with van der Waals surface area (Å²) in [6, 6.07) is 7.29. The van der Waals surface area contributed by atoms with Gasteiger partial charge in [0, 0.05) is 25.5 Å². The van der Waals surface area contributed by atoms with Crippen LogP contribution in [0.15, 0.2) is 36.9 Å². The molecule has 26 heavy (non-hydrogen) atoms. The van der Waals surface area contributed by atoms with Crippen molar-refractivity contribution in [2.24, 2.45) is 5.73 Å². The Balaban J connectivity index is 0.000000590. The second-order valence-electron chi connectivity index (χ2n) is 6.46. The lowest BCUT2D eigenvalue weighted by Gasteiger charge is -2.17. The maximum Gasteiger partial charge on any atom is 0.330 e. The van der Waals surface area contributed by atoms with Gasteiger partial charge in [-0.25, -0.2) is 4.79 Å². The van der Waals surface area contributed by atoms with Gasteiger partial charge in [0.1, 0.15) is 5.60 Å². The Morgan fingerprint density at radius 2 is 1.85 bits per heavy atom. The van der Waals surface area contributed by atoms with Crippen molar-refractivity contribution in [2.45, 2.75) is 52.4 Å². The number of hydrogen-bond acceptors (Lipinski definition) is 5. The van der Waals surface area contributed by atoms with Crippen LogP contribution in [0.1, 0.15) is 44.7 Å². The Labute approximate surface area is 154 Å². The van der Waals surface area contributed by atoms with Crippen LogP contribution in [-0.2, 0) is 32.3 Å². The number of nitrogens with one attached hydrogen (secondary N) is 1. The smallest absolute Gasteiger partial charge is 0.330 e. The number of aliphatic hydroxyl groups is 1. The fraction of sp³-hybridized carbons (Fsp3) is 0.421. The van der Waals surface area contributed by atoms with Crippen molar-refractivity contribution in [1.82, 2.24) is 5.32 Å². The monoisotopic (exact) mass is 364 g/mol. The Kier molecular flexibility index (Phi) is 10.6. The number of benzene rings is 1. The third-order valence-electron chi connectivity index (χ3n) is 2.84. The summed E-state index contributed by atoms with van der Waals surface area (Å²) in [4.78, 5) is 32.3. The molecule has 1 aromatic rings. The predicted octanol–water partition coefficient (Wildman–Crippen LogP) is 1.57. The van der Waals surface area contributed by atoms with Crippen LogP contribution in [0.2, 0.25) is 0 Å². The molecule has 4 N–H and O–H groups in total. The topological polar surface area (TPSA) is 119 Å². The standard InChI is InChI=1S/C12H16N2O3.C7H12O2/c13-11(16)4-5-12(17)14-7-9-2-1-3-10(6-9)8-15;1-5-6(8)9-7(2,3)4/h1-3,6,15H,4-5,7-8H2,(H2,13,16)(H,14,17);5H,1H2,2-4H3. The molecule has 0 aliphatic carbocycles. The van der Waals surface area contributed by atoms with Crippen LogP contribution in [0.25, 0.3) is 0 Å². The minimum absolute atomic E-state index is 0.0243. The molecule has 0 unspecified atom stereocenters. The number of esters is 1. The van der Waals surface area contributed by atoms with Crippen LogP contribution in [0.4, 0.5) is 0 Å². The lowest BCUT2D eigenvalue weighted by molar-refractivity contribution is -0.148. The molecule has 0 heterocycles. The van der Waals surface area contributed by atoms with Gasteiger partial charge in [-0.2, -0.15) is 0 Å². The molecule has 2 amide bonds. The van der Waals surface area contributed by atoms with Crippen LogP contribution >= 0.6 is 0 Å². The van der Waals surface area contributed by atoms with E-state index in [2.05, 4.69) is 11.9 Å². The maximum atomic E-state index is 11.3. The van der Waals surface area contributed by atoms with Crippen molar-refractivity contribution in [3.8, 4) is 0 Å². The number of carbonyl (C=O) groups is 3. The quantitative estimate of drug-likeness (QED) is 0.501. The lowest BCUT2D eigenvalue weighted by atomic mass is 10.1. The fourth-order valence-electron chi connectivity index (χ4n) is 1.71. The van der Waals surface area contributed by atoms with E-state index < -0.39 is 11.5 Å². The number of rotatable bonds is 7. The molecule has 1 rings (SSSR count). The zero-order valence-corrected chi connectivity index (χ0v) is 15.6. The highest BCUT2D eigenvalue weighted by Crippen LogP contribution is 2.06. The molecule has 144 valence electrons. The molecular weight excluding hydrogens is 336 g/mol. The van der Waals surface area contributed by atoms with Crippen LogP contribution in [-0.4, -0.2) is 28.5 Å². The average molecular weight is 364 g/mol. The van der Waals surface area contributed by atoms with Crippen molar-refractivity contribution < 1.29 is 24.2 Å². The van der Waals surface area contributed by atoms with E-state index >= 15 is 0 Å². The number of primary amides is 1. The Hall–Kier alpha value is -2.67. The van der Waals surface area contributed by atoms with Gasteiger partial charge >= 0.3 is 5.97 Å². The highest BCUT2D eigenvalue weighted by Gasteiger charge is 2.12. The van der Waals surface area contributed by atoms with E-state index in [4.69, 9.17) is 15.6 Å².